The molecule has 0 aromatic carbocycles. The highest BCUT2D eigenvalue weighted by Gasteiger charge is 2.30. The SMILES string of the molecule is CCCCCCCCCCCCCCC(=O)OC[C@H](COP(=O)(O)OC[C@@H](O)COP(=O)(O)OC[C@@H](COC(=O)CCCCCCCCCC)OC(=O)CCCCCCCCCC(C)C)OC(=O)CCCCCCCCCCCCCCCCC(C)CC. The summed E-state index contributed by atoms with van der Waals surface area (Å²) in [5.74, 6) is -0.588. The molecule has 0 fully saturated rings. The number of ether oxygens (including phenoxy) is 4. The zero-order valence-electron chi connectivity index (χ0n) is 57.0. The van der Waals surface area contributed by atoms with Gasteiger partial charge in [-0.3, -0.25) is 37.3 Å². The summed E-state index contributed by atoms with van der Waals surface area (Å²) >= 11 is 0. The number of carbonyl (C=O) groups is 4. The lowest BCUT2D eigenvalue weighted by Crippen LogP contribution is -2.30. The van der Waals surface area contributed by atoms with Crippen LogP contribution in [0.3, 0.4) is 0 Å². The number of phosphoric acid groups is 2. The van der Waals surface area contributed by atoms with E-state index in [1.54, 1.807) is 0 Å². The first kappa shape index (κ1) is 86.1. The molecule has 0 heterocycles. The molecule has 6 atom stereocenters. The van der Waals surface area contributed by atoms with Crippen LogP contribution in [0.25, 0.3) is 0 Å². The van der Waals surface area contributed by atoms with Crippen molar-refractivity contribution in [3.8, 4) is 0 Å². The van der Waals surface area contributed by atoms with E-state index in [1.807, 2.05) is 0 Å². The first-order chi connectivity index (χ1) is 42.4. The van der Waals surface area contributed by atoms with Crippen molar-refractivity contribution >= 4 is 39.5 Å². The van der Waals surface area contributed by atoms with Gasteiger partial charge in [0.2, 0.25) is 0 Å². The molecule has 522 valence electrons. The van der Waals surface area contributed by atoms with E-state index in [0.717, 1.165) is 102 Å². The topological polar surface area (TPSA) is 237 Å². The average molecular weight is 1300 g/mol. The van der Waals surface area contributed by atoms with E-state index >= 15 is 0 Å². The number of aliphatic hydroxyl groups excluding tert-OH is 1. The maximum Gasteiger partial charge on any atom is 0.472 e. The predicted octanol–water partition coefficient (Wildman–Crippen LogP) is 19.6. The highest BCUT2D eigenvalue weighted by Crippen LogP contribution is 2.45. The Morgan fingerprint density at radius 3 is 0.864 bits per heavy atom. The molecule has 88 heavy (non-hydrogen) atoms. The molecule has 3 N–H and O–H groups in total. The van der Waals surface area contributed by atoms with Crippen molar-refractivity contribution in [2.45, 2.75) is 368 Å². The Kier molecular flexibility index (Phi) is 59.9. The van der Waals surface area contributed by atoms with Crippen molar-refractivity contribution in [2.75, 3.05) is 39.6 Å². The zero-order valence-corrected chi connectivity index (χ0v) is 58.8. The molecule has 0 aliphatic carbocycles. The maximum atomic E-state index is 13.0. The first-order valence-corrected chi connectivity index (χ1v) is 39.0. The Morgan fingerprint density at radius 1 is 0.330 bits per heavy atom. The molecule has 0 saturated heterocycles. The van der Waals surface area contributed by atoms with E-state index < -0.39 is 97.5 Å². The fourth-order valence-corrected chi connectivity index (χ4v) is 12.0. The Labute approximate surface area is 537 Å². The monoisotopic (exact) mass is 1300 g/mol. The van der Waals surface area contributed by atoms with E-state index in [2.05, 4.69) is 41.5 Å². The van der Waals surface area contributed by atoms with Crippen molar-refractivity contribution < 1.29 is 80.2 Å². The van der Waals surface area contributed by atoms with Crippen molar-refractivity contribution in [3.05, 3.63) is 0 Å². The second kappa shape index (κ2) is 61.3. The van der Waals surface area contributed by atoms with Crippen LogP contribution in [-0.4, -0.2) is 96.7 Å². The molecular formula is C69H134O17P2. The van der Waals surface area contributed by atoms with Crippen LogP contribution >= 0.6 is 15.6 Å². The Hall–Kier alpha value is -1.94. The van der Waals surface area contributed by atoms with Crippen LogP contribution in [0.4, 0.5) is 0 Å². The molecule has 0 bridgehead atoms. The van der Waals surface area contributed by atoms with E-state index in [-0.39, 0.29) is 25.7 Å². The summed E-state index contributed by atoms with van der Waals surface area (Å²) in [5, 5.41) is 10.6. The summed E-state index contributed by atoms with van der Waals surface area (Å²) in [5.41, 5.74) is 0. The van der Waals surface area contributed by atoms with Gasteiger partial charge in [-0.1, -0.05) is 298 Å². The van der Waals surface area contributed by atoms with Crippen LogP contribution in [0.1, 0.15) is 350 Å². The Balaban J connectivity index is 5.20. The molecule has 0 aliphatic heterocycles. The number of esters is 4. The molecule has 0 aromatic heterocycles. The Bertz CT molecular complexity index is 1720. The van der Waals surface area contributed by atoms with E-state index in [4.69, 9.17) is 37.0 Å². The summed E-state index contributed by atoms with van der Waals surface area (Å²) in [6, 6.07) is 0. The van der Waals surface area contributed by atoms with Gasteiger partial charge in [0.1, 0.15) is 19.3 Å². The number of hydrogen-bond donors (Lipinski definition) is 3. The second-order valence-corrected chi connectivity index (χ2v) is 28.5. The van der Waals surface area contributed by atoms with Crippen LogP contribution in [-0.2, 0) is 65.4 Å². The third-order valence-corrected chi connectivity index (χ3v) is 18.2. The lowest BCUT2D eigenvalue weighted by atomic mass is 9.99. The van der Waals surface area contributed by atoms with Gasteiger partial charge in [-0.05, 0) is 37.5 Å². The zero-order chi connectivity index (χ0) is 65.0. The molecule has 0 amide bonds. The van der Waals surface area contributed by atoms with Crippen LogP contribution in [0.15, 0.2) is 0 Å². The lowest BCUT2D eigenvalue weighted by molar-refractivity contribution is -0.161. The van der Waals surface area contributed by atoms with Crippen molar-refractivity contribution in [1.82, 2.24) is 0 Å². The number of carbonyl (C=O) groups excluding carboxylic acids is 4. The summed E-state index contributed by atoms with van der Waals surface area (Å²) in [6.07, 6.45) is 45.9. The predicted molar refractivity (Wildman–Crippen MR) is 354 cm³/mol. The van der Waals surface area contributed by atoms with Gasteiger partial charge in [0.25, 0.3) is 0 Å². The number of hydrogen-bond acceptors (Lipinski definition) is 15. The second-order valence-electron chi connectivity index (χ2n) is 25.6. The third kappa shape index (κ3) is 61.6. The molecule has 0 aliphatic rings. The highest BCUT2D eigenvalue weighted by molar-refractivity contribution is 7.47. The minimum Gasteiger partial charge on any atom is -0.462 e. The molecule has 0 rings (SSSR count). The number of phosphoric ester groups is 2. The summed E-state index contributed by atoms with van der Waals surface area (Å²) in [4.78, 5) is 72.4. The summed E-state index contributed by atoms with van der Waals surface area (Å²) in [6.45, 7) is 9.50. The molecule has 0 radical (unpaired) electrons. The van der Waals surface area contributed by atoms with Crippen LogP contribution in [0.2, 0.25) is 0 Å². The minimum absolute atomic E-state index is 0.103. The fraction of sp³-hybridized carbons (Fsp3) is 0.942. The maximum absolute atomic E-state index is 13.0. The van der Waals surface area contributed by atoms with Gasteiger partial charge in [-0.15, -0.1) is 0 Å². The Morgan fingerprint density at radius 2 is 0.580 bits per heavy atom. The van der Waals surface area contributed by atoms with Crippen molar-refractivity contribution in [1.29, 1.82) is 0 Å². The van der Waals surface area contributed by atoms with Gasteiger partial charge in [0.05, 0.1) is 26.4 Å². The molecule has 3 unspecified atom stereocenters. The molecule has 0 saturated carbocycles. The van der Waals surface area contributed by atoms with E-state index in [0.29, 0.717) is 31.6 Å². The van der Waals surface area contributed by atoms with Crippen LogP contribution in [0, 0.1) is 11.8 Å². The van der Waals surface area contributed by atoms with Crippen LogP contribution in [0.5, 0.6) is 0 Å². The molecule has 17 nitrogen and oxygen atoms in total. The number of unbranched alkanes of at least 4 members (excludes halogenated alkanes) is 37. The van der Waals surface area contributed by atoms with Gasteiger partial charge in [0.15, 0.2) is 12.2 Å². The van der Waals surface area contributed by atoms with E-state index in [1.165, 1.54) is 161 Å². The lowest BCUT2D eigenvalue weighted by Gasteiger charge is -2.21. The van der Waals surface area contributed by atoms with Gasteiger partial charge < -0.3 is 33.8 Å². The summed E-state index contributed by atoms with van der Waals surface area (Å²) < 4.78 is 68.1. The molecular weight excluding hydrogens is 1160 g/mol. The normalized spacial score (nSPS) is 14.5. The largest absolute Gasteiger partial charge is 0.472 e. The third-order valence-electron chi connectivity index (χ3n) is 16.3. The summed E-state index contributed by atoms with van der Waals surface area (Å²) in [7, 11) is -9.89. The van der Waals surface area contributed by atoms with Gasteiger partial charge in [0, 0.05) is 25.7 Å². The number of rotatable bonds is 68. The quantitative estimate of drug-likeness (QED) is 0.0222. The number of aliphatic hydroxyl groups is 1. The molecule has 0 aromatic rings. The van der Waals surface area contributed by atoms with E-state index in [9.17, 15) is 43.2 Å². The fourth-order valence-electron chi connectivity index (χ4n) is 10.4. The first-order valence-electron chi connectivity index (χ1n) is 36.0. The highest BCUT2D eigenvalue weighted by atomic mass is 31.2. The smallest absolute Gasteiger partial charge is 0.462 e. The molecule has 0 spiro atoms. The van der Waals surface area contributed by atoms with Gasteiger partial charge in [-0.25, -0.2) is 9.13 Å². The van der Waals surface area contributed by atoms with Gasteiger partial charge in [-0.2, -0.15) is 0 Å². The average Bonchev–Trinajstić information content (AvgIpc) is 3.61. The van der Waals surface area contributed by atoms with Crippen molar-refractivity contribution in [3.63, 3.8) is 0 Å². The van der Waals surface area contributed by atoms with Crippen molar-refractivity contribution in [2.24, 2.45) is 11.8 Å². The molecule has 19 heteroatoms. The van der Waals surface area contributed by atoms with Gasteiger partial charge >= 0.3 is 39.5 Å². The minimum atomic E-state index is -4.95. The van der Waals surface area contributed by atoms with Crippen LogP contribution < -0.4 is 0 Å². The standard InChI is InChI=1S/C69H134O17P2/c1-7-10-12-14-16-18-19-25-28-34-40-46-52-67(72)80-58-64(85-68(73)53-47-41-35-29-26-23-21-20-22-24-27-32-38-44-50-62(6)9-3)59-83-87(75,76)81-55-63(70)56-82-88(77,78)84-60-65(57-79-66(71)51-45-39-33-17-15-13-11-8-2)86-69(74)54-48-42-36-30-31-37-43-49-61(4)5/h61-65,70H,7-60H2,1-6H3,(H,75,76)(H,77,78)/t62?,63-,64-,65-/m1/s1.